The highest BCUT2D eigenvalue weighted by Gasteiger charge is 2.13. The minimum Gasteiger partial charge on any atom is -0.495 e. The van der Waals surface area contributed by atoms with Crippen molar-refractivity contribution >= 4 is 40.1 Å². The summed E-state index contributed by atoms with van der Waals surface area (Å²) in [5.41, 5.74) is 7.23. The molecule has 2 aromatic rings. The van der Waals surface area contributed by atoms with Gasteiger partial charge < -0.3 is 15.8 Å². The van der Waals surface area contributed by atoms with E-state index in [1.807, 2.05) is 29.6 Å². The average molecular weight is 306 g/mol. The van der Waals surface area contributed by atoms with Crippen LogP contribution in [-0.2, 0) is 6.42 Å². The van der Waals surface area contributed by atoms with E-state index in [1.54, 1.807) is 13.2 Å². The maximum absolute atomic E-state index is 12.1. The van der Waals surface area contributed by atoms with Gasteiger partial charge in [-0.3, -0.25) is 4.79 Å². The number of thiophene rings is 1. The summed E-state index contributed by atoms with van der Waals surface area (Å²) < 4.78 is 5.13. The van der Waals surface area contributed by atoms with Crippen molar-refractivity contribution in [2.75, 3.05) is 12.4 Å². The molecule has 104 valence electrons. The molecule has 1 aromatic carbocycles. The zero-order valence-corrected chi connectivity index (χ0v) is 12.5. The summed E-state index contributed by atoms with van der Waals surface area (Å²) in [6, 6.07) is 9.20. The van der Waals surface area contributed by atoms with Crippen LogP contribution in [0.1, 0.15) is 15.2 Å². The van der Waals surface area contributed by atoms with Crippen LogP contribution in [0.25, 0.3) is 0 Å². The molecule has 4 nitrogen and oxygen atoms in total. The predicted molar refractivity (Wildman–Crippen MR) is 85.8 cm³/mol. The number of carbonyl (C=O) groups excluding carboxylic acids is 1. The lowest BCUT2D eigenvalue weighted by Crippen LogP contribution is -2.12. The number of benzene rings is 1. The number of nitrogens with two attached hydrogens (primary N) is 1. The van der Waals surface area contributed by atoms with Gasteiger partial charge in [0.15, 0.2) is 0 Å². The van der Waals surface area contributed by atoms with Gasteiger partial charge in [0.1, 0.15) is 10.6 Å². The van der Waals surface area contributed by atoms with Crippen LogP contribution >= 0.6 is 23.6 Å². The van der Waals surface area contributed by atoms with Crippen molar-refractivity contribution in [3.8, 4) is 5.75 Å². The summed E-state index contributed by atoms with van der Waals surface area (Å²) in [6.45, 7) is 0. The molecule has 0 aliphatic heterocycles. The van der Waals surface area contributed by atoms with E-state index in [4.69, 9.17) is 22.7 Å². The van der Waals surface area contributed by atoms with Crippen LogP contribution in [0, 0.1) is 0 Å². The Morgan fingerprint density at radius 2 is 2.05 bits per heavy atom. The summed E-state index contributed by atoms with van der Waals surface area (Å²) in [5.74, 6) is 0.400. The molecule has 0 unspecified atom stereocenters. The van der Waals surface area contributed by atoms with E-state index in [2.05, 4.69) is 5.32 Å². The molecule has 6 heteroatoms. The highest BCUT2D eigenvalue weighted by atomic mass is 32.1. The number of thiocarbonyl (C=S) groups is 1. The SMILES string of the molecule is COc1ccsc1C(=O)Nc1ccc(CC(N)=S)cc1. The first-order valence-electron chi connectivity index (χ1n) is 5.90. The van der Waals surface area contributed by atoms with Gasteiger partial charge in [-0.2, -0.15) is 0 Å². The summed E-state index contributed by atoms with van der Waals surface area (Å²) >= 11 is 6.20. The maximum atomic E-state index is 12.1. The lowest BCUT2D eigenvalue weighted by Gasteiger charge is -2.06. The predicted octanol–water partition coefficient (Wildman–Crippen LogP) is 2.84. The Labute approximate surface area is 126 Å². The first-order chi connectivity index (χ1) is 9.60. The summed E-state index contributed by atoms with van der Waals surface area (Å²) in [4.78, 5) is 13.1. The molecular formula is C14H14N2O2S2. The van der Waals surface area contributed by atoms with Crippen LogP contribution < -0.4 is 15.8 Å². The molecule has 0 saturated carbocycles. The lowest BCUT2D eigenvalue weighted by molar-refractivity contribution is 0.102. The third kappa shape index (κ3) is 3.55. The summed E-state index contributed by atoms with van der Waals surface area (Å²) in [7, 11) is 1.54. The molecule has 0 fully saturated rings. The van der Waals surface area contributed by atoms with Crippen molar-refractivity contribution in [1.82, 2.24) is 0 Å². The standard InChI is InChI=1S/C14H14N2O2S2/c1-18-11-6-7-20-13(11)14(17)16-10-4-2-9(3-5-10)8-12(15)19/h2-7H,8H2,1H3,(H2,15,19)(H,16,17). The molecule has 0 aliphatic carbocycles. The molecule has 0 radical (unpaired) electrons. The number of ether oxygens (including phenoxy) is 1. The van der Waals surface area contributed by atoms with Crippen molar-refractivity contribution in [3.05, 3.63) is 46.2 Å². The minimum absolute atomic E-state index is 0.182. The van der Waals surface area contributed by atoms with E-state index in [0.717, 1.165) is 11.3 Å². The molecule has 0 atom stereocenters. The molecule has 2 rings (SSSR count). The number of methoxy groups -OCH3 is 1. The number of carbonyl (C=O) groups is 1. The highest BCUT2D eigenvalue weighted by Crippen LogP contribution is 2.25. The van der Waals surface area contributed by atoms with Gasteiger partial charge in [-0.1, -0.05) is 24.4 Å². The van der Waals surface area contributed by atoms with Gasteiger partial charge in [0, 0.05) is 12.1 Å². The van der Waals surface area contributed by atoms with Crippen LogP contribution in [0.4, 0.5) is 5.69 Å². The molecule has 20 heavy (non-hydrogen) atoms. The van der Waals surface area contributed by atoms with Crippen molar-refractivity contribution < 1.29 is 9.53 Å². The maximum Gasteiger partial charge on any atom is 0.269 e. The smallest absolute Gasteiger partial charge is 0.269 e. The fourth-order valence-corrected chi connectivity index (χ4v) is 2.64. The second-order valence-electron chi connectivity index (χ2n) is 4.11. The van der Waals surface area contributed by atoms with Crippen LogP contribution in [0.3, 0.4) is 0 Å². The van der Waals surface area contributed by atoms with Gasteiger partial charge >= 0.3 is 0 Å². The molecule has 0 aliphatic rings. The Morgan fingerprint density at radius 1 is 1.35 bits per heavy atom. The molecule has 1 amide bonds. The highest BCUT2D eigenvalue weighted by molar-refractivity contribution is 7.80. The largest absolute Gasteiger partial charge is 0.495 e. The Balaban J connectivity index is 2.06. The third-order valence-corrected chi connectivity index (χ3v) is 3.68. The van der Waals surface area contributed by atoms with E-state index in [1.165, 1.54) is 11.3 Å². The van der Waals surface area contributed by atoms with Crippen LogP contribution in [0.15, 0.2) is 35.7 Å². The summed E-state index contributed by atoms with van der Waals surface area (Å²) in [5, 5.41) is 4.65. The van der Waals surface area contributed by atoms with Crippen LogP contribution in [0.5, 0.6) is 5.75 Å². The Hall–Kier alpha value is -1.92. The van der Waals surface area contributed by atoms with Crippen molar-refractivity contribution in [2.45, 2.75) is 6.42 Å². The van der Waals surface area contributed by atoms with E-state index < -0.39 is 0 Å². The molecule has 0 spiro atoms. The molecule has 0 saturated heterocycles. The minimum atomic E-state index is -0.182. The third-order valence-electron chi connectivity index (χ3n) is 2.65. The van der Waals surface area contributed by atoms with Gasteiger partial charge in [-0.25, -0.2) is 0 Å². The second-order valence-corrected chi connectivity index (χ2v) is 5.55. The summed E-state index contributed by atoms with van der Waals surface area (Å²) in [6.07, 6.45) is 0.558. The molecule has 0 bridgehead atoms. The Morgan fingerprint density at radius 3 is 2.65 bits per heavy atom. The topological polar surface area (TPSA) is 64.3 Å². The number of hydrogen-bond acceptors (Lipinski definition) is 4. The zero-order chi connectivity index (χ0) is 14.5. The Bertz CT molecular complexity index is 620. The number of nitrogens with one attached hydrogen (secondary N) is 1. The average Bonchev–Trinajstić information content (AvgIpc) is 2.89. The first-order valence-corrected chi connectivity index (χ1v) is 7.19. The number of hydrogen-bond donors (Lipinski definition) is 2. The second kappa shape index (κ2) is 6.49. The van der Waals surface area contributed by atoms with Crippen LogP contribution in [0.2, 0.25) is 0 Å². The molecule has 1 heterocycles. The van der Waals surface area contributed by atoms with Gasteiger partial charge in [-0.05, 0) is 29.1 Å². The monoisotopic (exact) mass is 306 g/mol. The van der Waals surface area contributed by atoms with E-state index >= 15 is 0 Å². The Kier molecular flexibility index (Phi) is 4.70. The number of amides is 1. The van der Waals surface area contributed by atoms with Crippen LogP contribution in [-0.4, -0.2) is 18.0 Å². The first kappa shape index (κ1) is 14.5. The van der Waals surface area contributed by atoms with E-state index in [-0.39, 0.29) is 5.91 Å². The number of rotatable bonds is 5. The fourth-order valence-electron chi connectivity index (χ4n) is 1.72. The van der Waals surface area contributed by atoms with Gasteiger partial charge in [0.05, 0.1) is 12.1 Å². The lowest BCUT2D eigenvalue weighted by atomic mass is 10.1. The van der Waals surface area contributed by atoms with Crippen molar-refractivity contribution in [3.63, 3.8) is 0 Å². The zero-order valence-electron chi connectivity index (χ0n) is 10.9. The van der Waals surface area contributed by atoms with Gasteiger partial charge in [0.2, 0.25) is 0 Å². The van der Waals surface area contributed by atoms with Gasteiger partial charge in [-0.15, -0.1) is 11.3 Å². The van der Waals surface area contributed by atoms with Gasteiger partial charge in [0.25, 0.3) is 5.91 Å². The van der Waals surface area contributed by atoms with E-state index in [9.17, 15) is 4.79 Å². The number of anilines is 1. The normalized spacial score (nSPS) is 10.1. The fraction of sp³-hybridized carbons (Fsp3) is 0.143. The molecule has 3 N–H and O–H groups in total. The van der Waals surface area contributed by atoms with Crippen molar-refractivity contribution in [1.29, 1.82) is 0 Å². The van der Waals surface area contributed by atoms with Crippen molar-refractivity contribution in [2.24, 2.45) is 5.73 Å². The quantitative estimate of drug-likeness (QED) is 0.834. The van der Waals surface area contributed by atoms with E-state index in [0.29, 0.717) is 22.0 Å². The molecule has 1 aromatic heterocycles. The molecular weight excluding hydrogens is 292 g/mol.